The molecule has 20 heavy (non-hydrogen) atoms. The smallest absolute Gasteiger partial charge is 0.337 e. The number of rotatable bonds is 5. The van der Waals surface area contributed by atoms with Crippen LogP contribution in [0.25, 0.3) is 0 Å². The molecule has 0 aliphatic rings. The summed E-state index contributed by atoms with van der Waals surface area (Å²) in [7, 11) is 1.33. The van der Waals surface area contributed by atoms with Crippen LogP contribution in [0, 0.1) is 5.92 Å². The number of esters is 1. The number of aliphatic hydroxyl groups is 1. The molecule has 0 heterocycles. The van der Waals surface area contributed by atoms with E-state index in [1.165, 1.54) is 7.11 Å². The fraction of sp³-hybridized carbons (Fsp3) is 0.467. The van der Waals surface area contributed by atoms with Crippen molar-refractivity contribution in [2.45, 2.75) is 32.9 Å². The van der Waals surface area contributed by atoms with Crippen LogP contribution >= 0.6 is 0 Å². The number of nitrogens with one attached hydrogen (secondary N) is 1. The molecule has 5 heteroatoms. The van der Waals surface area contributed by atoms with Gasteiger partial charge in [0.05, 0.1) is 18.7 Å². The van der Waals surface area contributed by atoms with E-state index in [1.807, 2.05) is 6.92 Å². The van der Waals surface area contributed by atoms with Gasteiger partial charge in [0.15, 0.2) is 0 Å². The zero-order valence-electron chi connectivity index (χ0n) is 12.2. The summed E-state index contributed by atoms with van der Waals surface area (Å²) in [6.45, 7) is 5.37. The van der Waals surface area contributed by atoms with E-state index in [0.29, 0.717) is 5.56 Å². The van der Waals surface area contributed by atoms with E-state index in [-0.39, 0.29) is 12.0 Å². The van der Waals surface area contributed by atoms with Gasteiger partial charge in [-0.3, -0.25) is 4.79 Å². The molecule has 0 spiro atoms. The van der Waals surface area contributed by atoms with Gasteiger partial charge >= 0.3 is 5.97 Å². The Morgan fingerprint density at radius 3 is 2.15 bits per heavy atom. The fourth-order valence-electron chi connectivity index (χ4n) is 1.71. The number of ether oxygens (including phenoxy) is 1. The Hall–Kier alpha value is -1.88. The summed E-state index contributed by atoms with van der Waals surface area (Å²) in [5, 5.41) is 12.4. The lowest BCUT2D eigenvalue weighted by atomic mass is 10.0. The number of aliphatic hydroxyl groups excluding tert-OH is 1. The molecular formula is C15H21NO4. The van der Waals surface area contributed by atoms with Crippen LogP contribution in [0.3, 0.4) is 0 Å². The number of hydrogen-bond acceptors (Lipinski definition) is 4. The third-order valence-electron chi connectivity index (χ3n) is 3.09. The van der Waals surface area contributed by atoms with Crippen LogP contribution in [0.5, 0.6) is 0 Å². The van der Waals surface area contributed by atoms with Gasteiger partial charge < -0.3 is 15.2 Å². The summed E-state index contributed by atoms with van der Waals surface area (Å²) in [6.07, 6.45) is -1.02. The van der Waals surface area contributed by atoms with Gasteiger partial charge in [-0.2, -0.15) is 0 Å². The molecule has 1 amide bonds. The van der Waals surface area contributed by atoms with Gasteiger partial charge in [-0.05, 0) is 30.5 Å². The minimum Gasteiger partial charge on any atom is -0.465 e. The third kappa shape index (κ3) is 4.06. The van der Waals surface area contributed by atoms with Crippen molar-refractivity contribution in [1.29, 1.82) is 0 Å². The van der Waals surface area contributed by atoms with Crippen LogP contribution < -0.4 is 5.32 Å². The van der Waals surface area contributed by atoms with E-state index in [1.54, 1.807) is 38.1 Å². The first-order valence-electron chi connectivity index (χ1n) is 6.53. The van der Waals surface area contributed by atoms with E-state index < -0.39 is 18.0 Å². The molecule has 0 aromatic heterocycles. The Morgan fingerprint density at radius 2 is 1.70 bits per heavy atom. The second kappa shape index (κ2) is 7.05. The molecule has 0 fully saturated rings. The number of benzene rings is 1. The van der Waals surface area contributed by atoms with Crippen LogP contribution in [0.2, 0.25) is 0 Å². The van der Waals surface area contributed by atoms with Gasteiger partial charge in [-0.25, -0.2) is 4.79 Å². The minimum atomic E-state index is -1.02. The Kier molecular flexibility index (Phi) is 5.70. The number of carbonyl (C=O) groups excluding carboxylic acids is 2. The molecule has 0 bridgehead atoms. The van der Waals surface area contributed by atoms with Gasteiger partial charge in [-0.15, -0.1) is 0 Å². The predicted molar refractivity (Wildman–Crippen MR) is 75.2 cm³/mol. The lowest BCUT2D eigenvalue weighted by Crippen LogP contribution is -2.38. The second-order valence-electron chi connectivity index (χ2n) is 5.03. The molecule has 0 aliphatic heterocycles. The van der Waals surface area contributed by atoms with E-state index >= 15 is 0 Å². The first-order chi connectivity index (χ1) is 9.36. The molecule has 5 nitrogen and oxygen atoms in total. The zero-order chi connectivity index (χ0) is 15.3. The minimum absolute atomic E-state index is 0.135. The second-order valence-corrected chi connectivity index (χ2v) is 5.03. The Morgan fingerprint density at radius 1 is 1.15 bits per heavy atom. The average Bonchev–Trinajstić information content (AvgIpc) is 2.45. The van der Waals surface area contributed by atoms with Crippen LogP contribution in [0.4, 0.5) is 0 Å². The summed E-state index contributed by atoms with van der Waals surface area (Å²) in [5.74, 6) is -0.933. The molecule has 0 saturated heterocycles. The fourth-order valence-corrected chi connectivity index (χ4v) is 1.71. The van der Waals surface area contributed by atoms with Gasteiger partial charge in [-0.1, -0.05) is 26.0 Å². The quantitative estimate of drug-likeness (QED) is 0.804. The van der Waals surface area contributed by atoms with Gasteiger partial charge in [0.1, 0.15) is 6.10 Å². The summed E-state index contributed by atoms with van der Waals surface area (Å²) in [5.41, 5.74) is 1.30. The highest BCUT2D eigenvalue weighted by molar-refractivity contribution is 5.89. The van der Waals surface area contributed by atoms with Crippen molar-refractivity contribution < 1.29 is 19.4 Å². The molecule has 0 radical (unpaired) electrons. The highest BCUT2D eigenvalue weighted by atomic mass is 16.5. The zero-order valence-corrected chi connectivity index (χ0v) is 12.2. The SMILES string of the molecule is COC(=O)c1ccc(C(C)NC(=O)C(O)C(C)C)cc1. The van der Waals surface area contributed by atoms with Crippen molar-refractivity contribution in [1.82, 2.24) is 5.32 Å². The largest absolute Gasteiger partial charge is 0.465 e. The summed E-state index contributed by atoms with van der Waals surface area (Å²) < 4.78 is 4.62. The van der Waals surface area contributed by atoms with Crippen LogP contribution in [0.1, 0.15) is 42.7 Å². The molecule has 0 aliphatic carbocycles. The molecule has 0 saturated carbocycles. The standard InChI is InChI=1S/C15H21NO4/c1-9(2)13(17)14(18)16-10(3)11-5-7-12(8-6-11)15(19)20-4/h5-10,13,17H,1-4H3,(H,16,18). The third-order valence-corrected chi connectivity index (χ3v) is 3.09. The Balaban J connectivity index is 2.71. The number of methoxy groups -OCH3 is 1. The topological polar surface area (TPSA) is 75.6 Å². The summed E-state index contributed by atoms with van der Waals surface area (Å²) in [4.78, 5) is 23.1. The number of hydrogen-bond donors (Lipinski definition) is 2. The first-order valence-corrected chi connectivity index (χ1v) is 6.53. The lowest BCUT2D eigenvalue weighted by molar-refractivity contribution is -0.132. The number of amides is 1. The van der Waals surface area contributed by atoms with E-state index in [0.717, 1.165) is 5.56 Å². The maximum Gasteiger partial charge on any atom is 0.337 e. The van der Waals surface area contributed by atoms with Crippen molar-refractivity contribution in [3.05, 3.63) is 35.4 Å². The normalized spacial score (nSPS) is 13.7. The molecule has 2 atom stereocenters. The van der Waals surface area contributed by atoms with Gasteiger partial charge in [0.2, 0.25) is 5.91 Å². The maximum atomic E-state index is 11.8. The summed E-state index contributed by atoms with van der Waals surface area (Å²) in [6, 6.07) is 6.53. The monoisotopic (exact) mass is 279 g/mol. The predicted octanol–water partition coefficient (Wildman–Crippen LogP) is 1.67. The Bertz CT molecular complexity index is 467. The molecule has 1 rings (SSSR count). The first kappa shape index (κ1) is 16.2. The highest BCUT2D eigenvalue weighted by Crippen LogP contribution is 2.14. The lowest BCUT2D eigenvalue weighted by Gasteiger charge is -2.19. The van der Waals surface area contributed by atoms with Gasteiger partial charge in [0, 0.05) is 0 Å². The van der Waals surface area contributed by atoms with Gasteiger partial charge in [0.25, 0.3) is 0 Å². The van der Waals surface area contributed by atoms with Crippen LogP contribution in [0.15, 0.2) is 24.3 Å². The van der Waals surface area contributed by atoms with Crippen molar-refractivity contribution in [3.8, 4) is 0 Å². The van der Waals surface area contributed by atoms with Crippen LogP contribution in [-0.2, 0) is 9.53 Å². The van der Waals surface area contributed by atoms with Crippen molar-refractivity contribution in [3.63, 3.8) is 0 Å². The molecule has 1 aromatic rings. The average molecular weight is 279 g/mol. The van der Waals surface area contributed by atoms with E-state index in [2.05, 4.69) is 10.1 Å². The maximum absolute atomic E-state index is 11.8. The van der Waals surface area contributed by atoms with Crippen molar-refractivity contribution in [2.24, 2.45) is 5.92 Å². The Labute approximate surface area is 118 Å². The summed E-state index contributed by atoms with van der Waals surface area (Å²) >= 11 is 0. The van der Waals surface area contributed by atoms with Crippen LogP contribution in [-0.4, -0.2) is 30.2 Å². The van der Waals surface area contributed by atoms with E-state index in [9.17, 15) is 14.7 Å². The molecule has 110 valence electrons. The number of carbonyl (C=O) groups is 2. The highest BCUT2D eigenvalue weighted by Gasteiger charge is 2.20. The van der Waals surface area contributed by atoms with E-state index in [4.69, 9.17) is 0 Å². The molecular weight excluding hydrogens is 258 g/mol. The molecule has 2 unspecified atom stereocenters. The molecule has 1 aromatic carbocycles. The van der Waals surface area contributed by atoms with Crippen molar-refractivity contribution in [2.75, 3.05) is 7.11 Å². The van der Waals surface area contributed by atoms with Crippen molar-refractivity contribution >= 4 is 11.9 Å². The molecule has 2 N–H and O–H groups in total.